The molecule has 14 heteroatoms. The normalized spacial score (nSPS) is 12.6. The molecule has 3 heterocycles. The molecular weight excluding hydrogens is 586 g/mol. The first-order chi connectivity index (χ1) is 21.2. The summed E-state index contributed by atoms with van der Waals surface area (Å²) < 4.78 is 18.4. The number of hydrogen-bond acceptors (Lipinski definition) is 10. The smallest absolute Gasteiger partial charge is 0.328 e. The van der Waals surface area contributed by atoms with Crippen LogP contribution in [0, 0.1) is 0 Å². The van der Waals surface area contributed by atoms with E-state index in [0.717, 1.165) is 11.1 Å². The topological polar surface area (TPSA) is 147 Å². The Morgan fingerprint density at radius 2 is 1.98 bits per heavy atom. The van der Waals surface area contributed by atoms with Crippen molar-refractivity contribution in [2.75, 3.05) is 31.9 Å². The van der Waals surface area contributed by atoms with Gasteiger partial charge in [-0.2, -0.15) is 15.0 Å². The predicted molar refractivity (Wildman–Crippen MR) is 167 cm³/mol. The Morgan fingerprint density at radius 1 is 1.16 bits per heavy atom. The Hall–Kier alpha value is -4.88. The molecule has 2 aromatic carbocycles. The molecule has 13 nitrogen and oxygen atoms in total. The van der Waals surface area contributed by atoms with E-state index in [9.17, 15) is 4.79 Å². The summed E-state index contributed by atoms with van der Waals surface area (Å²) in [6.07, 6.45) is 2.42. The molecule has 0 aliphatic heterocycles. The highest BCUT2D eigenvalue weighted by Gasteiger charge is 2.27. The van der Waals surface area contributed by atoms with Crippen LogP contribution in [-0.2, 0) is 24.9 Å². The zero-order chi connectivity index (χ0) is 31.4. The molecule has 0 aliphatic carbocycles. The van der Waals surface area contributed by atoms with E-state index in [-0.39, 0.29) is 11.8 Å². The first-order valence-electron chi connectivity index (χ1n) is 13.8. The van der Waals surface area contributed by atoms with Gasteiger partial charge in [0, 0.05) is 44.0 Å². The number of carbonyl (C=O) groups excluding carboxylic acids is 1. The van der Waals surface area contributed by atoms with Crippen LogP contribution in [0.15, 0.2) is 61.1 Å². The number of nitrogens with one attached hydrogen (secondary N) is 1. The molecule has 2 unspecified atom stereocenters. The number of rotatable bonds is 11. The number of anilines is 2. The van der Waals surface area contributed by atoms with Gasteiger partial charge in [-0.15, -0.1) is 0 Å². The van der Waals surface area contributed by atoms with Crippen molar-refractivity contribution in [2.24, 2.45) is 7.05 Å². The maximum absolute atomic E-state index is 13.6. The van der Waals surface area contributed by atoms with E-state index < -0.39 is 18.2 Å². The van der Waals surface area contributed by atoms with Crippen molar-refractivity contribution in [3.8, 4) is 11.5 Å². The third-order valence-electron chi connectivity index (χ3n) is 7.08. The number of amides is 1. The zero-order valence-electron chi connectivity index (χ0n) is 25.1. The number of pyridine rings is 1. The van der Waals surface area contributed by atoms with E-state index in [2.05, 4.69) is 25.5 Å². The number of ether oxygens (including phenoxy) is 3. The number of fused-ring (bicyclic) bond motifs is 1. The molecule has 2 atom stereocenters. The van der Waals surface area contributed by atoms with E-state index >= 15 is 0 Å². The number of aryl methyl sites for hydroxylation is 1. The molecule has 0 spiro atoms. The van der Waals surface area contributed by atoms with Gasteiger partial charge in [0.1, 0.15) is 40.3 Å². The summed E-state index contributed by atoms with van der Waals surface area (Å²) in [6.45, 7) is 2.56. The number of nitrogens with two attached hydrogens (primary N) is 1. The number of halogens is 1. The number of carbonyl (C=O) groups is 1. The van der Waals surface area contributed by atoms with E-state index in [1.165, 1.54) is 15.7 Å². The van der Waals surface area contributed by atoms with Crippen molar-refractivity contribution in [3.63, 3.8) is 0 Å². The molecule has 3 aromatic heterocycles. The predicted octanol–water partition coefficient (Wildman–Crippen LogP) is 4.35. The maximum Gasteiger partial charge on any atom is 0.328 e. The molecule has 5 rings (SSSR count). The van der Waals surface area contributed by atoms with Crippen LogP contribution in [0.25, 0.3) is 11.2 Å². The monoisotopic (exact) mass is 619 g/mol. The van der Waals surface area contributed by atoms with Gasteiger partial charge in [0.2, 0.25) is 0 Å². The summed E-state index contributed by atoms with van der Waals surface area (Å²) >= 11 is 6.45. The Balaban J connectivity index is 1.37. The quantitative estimate of drug-likeness (QED) is 0.161. The lowest BCUT2D eigenvalue weighted by molar-refractivity contribution is 0.0167. The SMILES string of the molecule is COc1ccc(CN(C)c2cc(Cl)nc3c2ncn3C(=O)NC(C)C(OCc2cccc(N)c2)c2cnn(C)n2)c(OC)c1. The molecule has 0 fully saturated rings. The van der Waals surface area contributed by atoms with Crippen LogP contribution in [0.1, 0.15) is 29.8 Å². The average molecular weight is 620 g/mol. The molecule has 5 aromatic rings. The van der Waals surface area contributed by atoms with Gasteiger partial charge in [-0.3, -0.25) is 0 Å². The Bertz CT molecular complexity index is 1770. The van der Waals surface area contributed by atoms with E-state index in [1.807, 2.05) is 55.3 Å². The van der Waals surface area contributed by atoms with Crippen LogP contribution in [-0.4, -0.2) is 62.9 Å². The zero-order valence-corrected chi connectivity index (χ0v) is 25.8. The minimum atomic E-state index is -0.610. The Kier molecular flexibility index (Phi) is 9.16. The summed E-state index contributed by atoms with van der Waals surface area (Å²) in [6, 6.07) is 13.8. The number of imidazole rings is 1. The van der Waals surface area contributed by atoms with Gasteiger partial charge in [0.25, 0.3) is 0 Å². The number of nitrogens with zero attached hydrogens (tertiary/aromatic N) is 7. The van der Waals surface area contributed by atoms with Crippen LogP contribution in [0.2, 0.25) is 5.15 Å². The van der Waals surface area contributed by atoms with Crippen molar-refractivity contribution < 1.29 is 19.0 Å². The van der Waals surface area contributed by atoms with Crippen molar-refractivity contribution in [3.05, 3.63) is 83.0 Å². The second-order valence-electron chi connectivity index (χ2n) is 10.3. The Labute approximate surface area is 259 Å². The van der Waals surface area contributed by atoms with Gasteiger partial charge >= 0.3 is 6.03 Å². The van der Waals surface area contributed by atoms with Crippen molar-refractivity contribution in [1.29, 1.82) is 0 Å². The van der Waals surface area contributed by atoms with Gasteiger partial charge in [0.15, 0.2) is 5.65 Å². The molecular formula is C30H34ClN9O4. The van der Waals surface area contributed by atoms with E-state index in [0.29, 0.717) is 46.3 Å². The number of nitrogen functional groups attached to an aromatic ring is 1. The fourth-order valence-corrected chi connectivity index (χ4v) is 5.08. The van der Waals surface area contributed by atoms with E-state index in [4.69, 9.17) is 31.5 Å². The summed E-state index contributed by atoms with van der Waals surface area (Å²) in [5.41, 5.74) is 10.5. The van der Waals surface area contributed by atoms with Gasteiger partial charge in [-0.1, -0.05) is 23.7 Å². The Morgan fingerprint density at radius 3 is 2.68 bits per heavy atom. The summed E-state index contributed by atoms with van der Waals surface area (Å²) in [5, 5.41) is 11.8. The molecule has 0 aliphatic rings. The third kappa shape index (κ3) is 6.68. The van der Waals surface area contributed by atoms with Crippen LogP contribution in [0.4, 0.5) is 16.2 Å². The number of hydrogen-bond donors (Lipinski definition) is 2. The number of methoxy groups -OCH3 is 2. The van der Waals surface area contributed by atoms with Gasteiger partial charge in [-0.25, -0.2) is 19.3 Å². The third-order valence-corrected chi connectivity index (χ3v) is 7.27. The summed E-state index contributed by atoms with van der Waals surface area (Å²) in [4.78, 5) is 26.0. The lowest BCUT2D eigenvalue weighted by Gasteiger charge is -2.24. The van der Waals surface area contributed by atoms with Crippen molar-refractivity contribution >= 4 is 40.2 Å². The molecule has 230 valence electrons. The first kappa shape index (κ1) is 30.6. The fraction of sp³-hybridized carbons (Fsp3) is 0.300. The largest absolute Gasteiger partial charge is 0.497 e. The van der Waals surface area contributed by atoms with Crippen LogP contribution in [0.3, 0.4) is 0 Å². The highest BCUT2D eigenvalue weighted by atomic mass is 35.5. The number of benzene rings is 2. The van der Waals surface area contributed by atoms with Crippen molar-refractivity contribution in [1.82, 2.24) is 34.8 Å². The minimum absolute atomic E-state index is 0.214. The second kappa shape index (κ2) is 13.2. The van der Waals surface area contributed by atoms with Gasteiger partial charge in [0.05, 0.1) is 38.8 Å². The summed E-state index contributed by atoms with van der Waals surface area (Å²) in [7, 11) is 6.83. The van der Waals surface area contributed by atoms with Crippen molar-refractivity contribution in [2.45, 2.75) is 32.2 Å². The van der Waals surface area contributed by atoms with Crippen LogP contribution in [0.5, 0.6) is 11.5 Å². The molecule has 0 saturated carbocycles. The summed E-state index contributed by atoms with van der Waals surface area (Å²) in [5.74, 6) is 1.38. The lowest BCUT2D eigenvalue weighted by atomic mass is 10.1. The highest BCUT2D eigenvalue weighted by molar-refractivity contribution is 6.30. The van der Waals surface area contributed by atoms with Crippen LogP contribution < -0.4 is 25.4 Å². The molecule has 0 radical (unpaired) electrons. The molecule has 0 bridgehead atoms. The standard InChI is InChI=1S/C30H34ClN9O4/c1-18(28(23-14-34-39(3)37-23)44-16-19-7-6-8-21(32)11-19)35-30(41)40-17-33-27-24(13-26(31)36-29(27)40)38(2)15-20-9-10-22(42-4)12-25(20)43-5/h6-14,17-18,28H,15-16,32H2,1-5H3,(H,35,41). The second-order valence-corrected chi connectivity index (χ2v) is 10.6. The average Bonchev–Trinajstić information content (AvgIpc) is 3.63. The van der Waals surface area contributed by atoms with E-state index in [1.54, 1.807) is 39.6 Å². The van der Waals surface area contributed by atoms with Crippen LogP contribution >= 0.6 is 11.6 Å². The van der Waals surface area contributed by atoms with Gasteiger partial charge in [-0.05, 0) is 36.8 Å². The molecule has 44 heavy (non-hydrogen) atoms. The lowest BCUT2D eigenvalue weighted by Crippen LogP contribution is -2.40. The minimum Gasteiger partial charge on any atom is -0.497 e. The van der Waals surface area contributed by atoms with Gasteiger partial charge < -0.3 is 30.2 Å². The maximum atomic E-state index is 13.6. The molecule has 0 saturated heterocycles. The number of aromatic nitrogens is 6. The molecule has 3 N–H and O–H groups in total. The molecule has 1 amide bonds. The fourth-order valence-electron chi connectivity index (χ4n) is 4.89. The highest BCUT2D eigenvalue weighted by Crippen LogP contribution is 2.31. The first-order valence-corrected chi connectivity index (χ1v) is 14.1.